The molecule has 0 radical (unpaired) electrons. The Morgan fingerprint density at radius 1 is 1.19 bits per heavy atom. The van der Waals surface area contributed by atoms with Gasteiger partial charge in [-0.2, -0.15) is 0 Å². The van der Waals surface area contributed by atoms with Gasteiger partial charge in [0.1, 0.15) is 5.69 Å². The lowest BCUT2D eigenvalue weighted by Crippen LogP contribution is -2.48. The predicted octanol–water partition coefficient (Wildman–Crippen LogP) is 3.32. The van der Waals surface area contributed by atoms with Crippen LogP contribution in [0.4, 0.5) is 17.1 Å². The Bertz CT molecular complexity index is 851. The minimum Gasteiger partial charge on any atom is -0.369 e. The average Bonchev–Trinajstić information content (AvgIpc) is 2.63. The molecule has 1 heterocycles. The van der Waals surface area contributed by atoms with E-state index in [1.807, 2.05) is 29.2 Å². The van der Waals surface area contributed by atoms with E-state index >= 15 is 0 Å². The van der Waals surface area contributed by atoms with E-state index in [-0.39, 0.29) is 23.8 Å². The first-order valence-electron chi connectivity index (χ1n) is 8.70. The van der Waals surface area contributed by atoms with E-state index in [0.29, 0.717) is 5.02 Å². The minimum atomic E-state index is -0.480. The second-order valence-electron chi connectivity index (χ2n) is 6.57. The first kappa shape index (κ1) is 19.1. The number of halogens is 1. The lowest BCUT2D eigenvalue weighted by Gasteiger charge is -2.35. The summed E-state index contributed by atoms with van der Waals surface area (Å²) in [5.41, 5.74) is 1.99. The maximum Gasteiger partial charge on any atom is 0.293 e. The molecule has 1 fully saturated rings. The maximum absolute atomic E-state index is 12.3. The topological polar surface area (TPSA) is 78.7 Å². The van der Waals surface area contributed by atoms with Gasteiger partial charge in [0.2, 0.25) is 5.91 Å². The van der Waals surface area contributed by atoms with E-state index in [4.69, 9.17) is 11.6 Å². The lowest BCUT2D eigenvalue weighted by atomic mass is 10.2. The maximum atomic E-state index is 12.3. The molecule has 1 aliphatic rings. The molecule has 142 valence electrons. The van der Waals surface area contributed by atoms with Crippen molar-refractivity contribution < 1.29 is 9.72 Å². The molecule has 1 aliphatic heterocycles. The third kappa shape index (κ3) is 4.96. The number of hydrogen-bond donors (Lipinski definition) is 1. The lowest BCUT2D eigenvalue weighted by molar-refractivity contribution is -0.384. The molecule has 2 aromatic rings. The Morgan fingerprint density at radius 3 is 2.59 bits per heavy atom. The molecule has 0 aromatic heterocycles. The van der Waals surface area contributed by atoms with Crippen molar-refractivity contribution in [2.24, 2.45) is 0 Å². The van der Waals surface area contributed by atoms with Crippen LogP contribution in [0.5, 0.6) is 0 Å². The fourth-order valence-electron chi connectivity index (χ4n) is 3.13. The molecule has 0 bridgehead atoms. The average molecular weight is 389 g/mol. The van der Waals surface area contributed by atoms with Crippen molar-refractivity contribution >= 4 is 34.6 Å². The van der Waals surface area contributed by atoms with Crippen molar-refractivity contribution in [3.63, 3.8) is 0 Å². The molecule has 0 atom stereocenters. The number of carbonyl (C=O) groups excluding carboxylic acids is 1. The normalized spacial score (nSPS) is 14.8. The molecule has 1 N–H and O–H groups in total. The Kier molecular flexibility index (Phi) is 5.93. The Balaban J connectivity index is 1.55. The van der Waals surface area contributed by atoms with Gasteiger partial charge in [-0.3, -0.25) is 19.8 Å². The first-order valence-corrected chi connectivity index (χ1v) is 9.08. The summed E-state index contributed by atoms with van der Waals surface area (Å²) in [6, 6.07) is 12.5. The van der Waals surface area contributed by atoms with E-state index in [2.05, 4.69) is 10.2 Å². The van der Waals surface area contributed by atoms with E-state index in [0.717, 1.165) is 37.4 Å². The summed E-state index contributed by atoms with van der Waals surface area (Å²) in [4.78, 5) is 27.3. The van der Waals surface area contributed by atoms with Crippen LogP contribution in [0.15, 0.2) is 42.5 Å². The summed E-state index contributed by atoms with van der Waals surface area (Å²) in [6.45, 7) is 5.02. The number of hydrogen-bond acceptors (Lipinski definition) is 5. The van der Waals surface area contributed by atoms with Crippen molar-refractivity contribution in [1.29, 1.82) is 0 Å². The number of aryl methyl sites for hydroxylation is 1. The number of rotatable bonds is 5. The molecule has 1 saturated heterocycles. The number of carbonyl (C=O) groups is 1. The van der Waals surface area contributed by atoms with E-state index < -0.39 is 4.92 Å². The zero-order chi connectivity index (χ0) is 19.4. The number of nitro benzene ring substituents is 1. The zero-order valence-corrected chi connectivity index (χ0v) is 15.8. The Labute approximate surface area is 162 Å². The number of amides is 1. The van der Waals surface area contributed by atoms with Crippen LogP contribution in [0, 0.1) is 17.0 Å². The second kappa shape index (κ2) is 8.37. The van der Waals surface area contributed by atoms with Gasteiger partial charge in [-0.05, 0) is 36.8 Å². The predicted molar refractivity (Wildman–Crippen MR) is 107 cm³/mol. The number of benzene rings is 2. The molecule has 0 aliphatic carbocycles. The van der Waals surface area contributed by atoms with E-state index in [9.17, 15) is 14.9 Å². The minimum absolute atomic E-state index is 0.0888. The van der Waals surface area contributed by atoms with Crippen molar-refractivity contribution in [2.45, 2.75) is 6.92 Å². The molecule has 1 amide bonds. The quantitative estimate of drug-likeness (QED) is 0.628. The van der Waals surface area contributed by atoms with Crippen LogP contribution in [0.3, 0.4) is 0 Å². The van der Waals surface area contributed by atoms with E-state index in [1.54, 1.807) is 19.1 Å². The van der Waals surface area contributed by atoms with Crippen LogP contribution in [-0.4, -0.2) is 48.5 Å². The standard InChI is InChI=1S/C19H21ClN4O3/c1-14-5-6-17(18(11-14)24(26)27)21-19(25)13-22-7-9-23(10-8-22)16-4-2-3-15(20)12-16/h2-6,11-12H,7-10,13H2,1H3,(H,21,25). The van der Waals surface area contributed by atoms with Gasteiger partial charge in [0.05, 0.1) is 11.5 Å². The third-order valence-electron chi connectivity index (χ3n) is 4.54. The van der Waals surface area contributed by atoms with Gasteiger partial charge in [-0.25, -0.2) is 0 Å². The van der Waals surface area contributed by atoms with Crippen LogP contribution in [-0.2, 0) is 4.79 Å². The van der Waals surface area contributed by atoms with Crippen LogP contribution < -0.4 is 10.2 Å². The van der Waals surface area contributed by atoms with Crippen molar-refractivity contribution in [2.75, 3.05) is 42.9 Å². The van der Waals surface area contributed by atoms with Crippen LogP contribution in [0.25, 0.3) is 0 Å². The fourth-order valence-corrected chi connectivity index (χ4v) is 3.31. The number of nitrogens with one attached hydrogen (secondary N) is 1. The van der Waals surface area contributed by atoms with Crippen molar-refractivity contribution in [1.82, 2.24) is 4.90 Å². The highest BCUT2D eigenvalue weighted by Crippen LogP contribution is 2.25. The monoisotopic (exact) mass is 388 g/mol. The van der Waals surface area contributed by atoms with Crippen LogP contribution in [0.1, 0.15) is 5.56 Å². The molecule has 0 unspecified atom stereocenters. The van der Waals surface area contributed by atoms with Crippen LogP contribution >= 0.6 is 11.6 Å². The number of anilines is 2. The molecule has 2 aromatic carbocycles. The first-order chi connectivity index (χ1) is 12.9. The molecule has 27 heavy (non-hydrogen) atoms. The molecule has 7 nitrogen and oxygen atoms in total. The highest BCUT2D eigenvalue weighted by Gasteiger charge is 2.21. The van der Waals surface area contributed by atoms with Gasteiger partial charge in [-0.15, -0.1) is 0 Å². The highest BCUT2D eigenvalue weighted by molar-refractivity contribution is 6.30. The Morgan fingerprint density at radius 2 is 1.93 bits per heavy atom. The molecule has 3 rings (SSSR count). The SMILES string of the molecule is Cc1ccc(NC(=O)CN2CCN(c3cccc(Cl)c3)CC2)c([N+](=O)[O-])c1. The fraction of sp³-hybridized carbons (Fsp3) is 0.316. The molecule has 8 heteroatoms. The summed E-state index contributed by atoms with van der Waals surface area (Å²) in [5, 5.41) is 14.5. The van der Waals surface area contributed by atoms with Gasteiger partial charge >= 0.3 is 0 Å². The van der Waals surface area contributed by atoms with Gasteiger partial charge in [0.25, 0.3) is 5.69 Å². The summed E-state index contributed by atoms with van der Waals surface area (Å²) in [7, 11) is 0. The van der Waals surface area contributed by atoms with Crippen molar-refractivity contribution in [3.8, 4) is 0 Å². The van der Waals surface area contributed by atoms with Gasteiger partial charge in [0, 0.05) is 43.0 Å². The largest absolute Gasteiger partial charge is 0.369 e. The molecular formula is C19H21ClN4O3. The van der Waals surface area contributed by atoms with Gasteiger partial charge in [0.15, 0.2) is 0 Å². The highest BCUT2D eigenvalue weighted by atomic mass is 35.5. The third-order valence-corrected chi connectivity index (χ3v) is 4.77. The molecular weight excluding hydrogens is 368 g/mol. The van der Waals surface area contributed by atoms with Crippen LogP contribution in [0.2, 0.25) is 5.02 Å². The molecule has 0 spiro atoms. The van der Waals surface area contributed by atoms with Crippen molar-refractivity contribution in [3.05, 3.63) is 63.2 Å². The zero-order valence-electron chi connectivity index (χ0n) is 15.0. The van der Waals surface area contributed by atoms with E-state index in [1.165, 1.54) is 6.07 Å². The number of nitro groups is 1. The number of piperazine rings is 1. The number of nitrogens with zero attached hydrogens (tertiary/aromatic N) is 3. The smallest absolute Gasteiger partial charge is 0.293 e. The Hall–Kier alpha value is -2.64. The summed E-state index contributed by atoms with van der Waals surface area (Å²) >= 11 is 6.05. The summed E-state index contributed by atoms with van der Waals surface area (Å²) in [6.07, 6.45) is 0. The van der Waals surface area contributed by atoms with Gasteiger partial charge in [-0.1, -0.05) is 23.7 Å². The van der Waals surface area contributed by atoms with Gasteiger partial charge < -0.3 is 10.2 Å². The summed E-state index contributed by atoms with van der Waals surface area (Å²) < 4.78 is 0. The molecule has 0 saturated carbocycles. The summed E-state index contributed by atoms with van der Waals surface area (Å²) in [5.74, 6) is -0.252. The second-order valence-corrected chi connectivity index (χ2v) is 7.01.